The fourth-order valence-corrected chi connectivity index (χ4v) is 4.94. The van der Waals surface area contributed by atoms with Crippen molar-refractivity contribution in [2.24, 2.45) is 0 Å². The maximum Gasteiger partial charge on any atom is 0.325 e. The molecule has 2 aliphatic rings. The normalized spacial score (nSPS) is 21.3. The van der Waals surface area contributed by atoms with Gasteiger partial charge in [-0.1, -0.05) is 23.7 Å². The number of urea groups is 1. The zero-order valence-electron chi connectivity index (χ0n) is 14.5. The van der Waals surface area contributed by atoms with E-state index < -0.39 is 17.5 Å². The van der Waals surface area contributed by atoms with Gasteiger partial charge in [0.1, 0.15) is 12.1 Å². The molecule has 0 saturated carbocycles. The van der Waals surface area contributed by atoms with Crippen molar-refractivity contribution in [3.05, 3.63) is 56.7 Å². The summed E-state index contributed by atoms with van der Waals surface area (Å²) in [6.07, 6.45) is 2.30. The van der Waals surface area contributed by atoms with Crippen LogP contribution in [-0.2, 0) is 28.1 Å². The molecule has 1 aromatic heterocycles. The Bertz CT molecular complexity index is 928. The van der Waals surface area contributed by atoms with Crippen LogP contribution in [0.5, 0.6) is 0 Å². The lowest BCUT2D eigenvalue weighted by Crippen LogP contribution is -2.46. The number of carbonyl (C=O) groups excluding carboxylic acids is 3. The Morgan fingerprint density at radius 1 is 1.33 bits per heavy atom. The Kier molecular flexibility index (Phi) is 4.65. The van der Waals surface area contributed by atoms with Crippen LogP contribution >= 0.6 is 22.9 Å². The molecule has 1 unspecified atom stereocenters. The van der Waals surface area contributed by atoms with Crippen molar-refractivity contribution < 1.29 is 14.4 Å². The largest absolute Gasteiger partial charge is 0.350 e. The number of nitrogens with one attached hydrogen (secondary N) is 2. The Balaban J connectivity index is 1.45. The molecule has 1 aliphatic carbocycles. The maximum absolute atomic E-state index is 13.1. The monoisotopic (exact) mass is 403 g/mol. The van der Waals surface area contributed by atoms with E-state index >= 15 is 0 Å². The molecule has 1 aliphatic heterocycles. The van der Waals surface area contributed by atoms with Gasteiger partial charge in [-0.25, -0.2) is 4.79 Å². The number of fused-ring (bicyclic) bond motifs is 2. The minimum atomic E-state index is -1.02. The summed E-state index contributed by atoms with van der Waals surface area (Å²) in [7, 11) is 0. The third-order valence-corrected chi connectivity index (χ3v) is 6.23. The van der Waals surface area contributed by atoms with E-state index in [1.54, 1.807) is 29.5 Å². The number of amides is 4. The highest BCUT2D eigenvalue weighted by Crippen LogP contribution is 2.41. The van der Waals surface area contributed by atoms with Crippen LogP contribution in [0, 0.1) is 0 Å². The molecular formula is C19H18ClN3O3S. The molecule has 8 heteroatoms. The number of benzene rings is 1. The van der Waals surface area contributed by atoms with Gasteiger partial charge in [-0.2, -0.15) is 0 Å². The number of carbonyl (C=O) groups is 3. The van der Waals surface area contributed by atoms with Gasteiger partial charge in [0.05, 0.1) is 0 Å². The molecule has 0 radical (unpaired) electrons. The molecule has 0 bridgehead atoms. The quantitative estimate of drug-likeness (QED) is 0.770. The number of imide groups is 1. The number of nitrogens with zero attached hydrogens (tertiary/aromatic N) is 1. The summed E-state index contributed by atoms with van der Waals surface area (Å²) in [5, 5.41) is 8.10. The summed E-state index contributed by atoms with van der Waals surface area (Å²) in [5.74, 6) is -0.735. The predicted molar refractivity (Wildman–Crippen MR) is 102 cm³/mol. The van der Waals surface area contributed by atoms with Crippen LogP contribution in [-0.4, -0.2) is 29.3 Å². The van der Waals surface area contributed by atoms with Gasteiger partial charge in [0.15, 0.2) is 0 Å². The van der Waals surface area contributed by atoms with Crippen molar-refractivity contribution in [1.82, 2.24) is 15.5 Å². The van der Waals surface area contributed by atoms with Gasteiger partial charge < -0.3 is 10.6 Å². The van der Waals surface area contributed by atoms with E-state index in [9.17, 15) is 14.4 Å². The fourth-order valence-electron chi connectivity index (χ4n) is 3.73. The Labute approximate surface area is 165 Å². The molecule has 2 heterocycles. The molecule has 2 N–H and O–H groups in total. The van der Waals surface area contributed by atoms with Gasteiger partial charge in [0.2, 0.25) is 5.91 Å². The molecular weight excluding hydrogens is 386 g/mol. The van der Waals surface area contributed by atoms with E-state index in [0.29, 0.717) is 11.4 Å². The van der Waals surface area contributed by atoms with Gasteiger partial charge >= 0.3 is 6.03 Å². The molecule has 2 aromatic rings. The fraction of sp³-hybridized carbons (Fsp3) is 0.316. The molecule has 27 heavy (non-hydrogen) atoms. The second-order valence-corrected chi connectivity index (χ2v) is 8.18. The molecule has 6 nitrogen and oxygen atoms in total. The van der Waals surface area contributed by atoms with Crippen LogP contribution < -0.4 is 10.6 Å². The molecule has 1 spiro atoms. The number of hydrogen-bond donors (Lipinski definition) is 2. The first kappa shape index (κ1) is 18.0. The van der Waals surface area contributed by atoms with Crippen LogP contribution in [0.25, 0.3) is 0 Å². The Morgan fingerprint density at radius 3 is 3.00 bits per heavy atom. The third kappa shape index (κ3) is 3.21. The van der Waals surface area contributed by atoms with Crippen LogP contribution in [0.2, 0.25) is 5.02 Å². The van der Waals surface area contributed by atoms with Crippen LogP contribution in [0.15, 0.2) is 35.7 Å². The standard InChI is InChI=1S/C19H18ClN3O3S/c20-13-4-1-3-12(9-13)10-21-16(24)11-23-17(25)19(22-18(23)26)7-2-5-15-14(19)6-8-27-15/h1,3-4,6,8-9H,2,5,7,10-11H2,(H,21,24)(H,22,26). The molecule has 1 aromatic carbocycles. The number of thiophene rings is 1. The summed E-state index contributed by atoms with van der Waals surface area (Å²) in [5.41, 5.74) is 0.705. The number of halogens is 1. The highest BCUT2D eigenvalue weighted by molar-refractivity contribution is 7.10. The second kappa shape index (κ2) is 6.98. The van der Waals surface area contributed by atoms with E-state index in [0.717, 1.165) is 33.7 Å². The van der Waals surface area contributed by atoms with Crippen molar-refractivity contribution >= 4 is 40.8 Å². The van der Waals surface area contributed by atoms with Gasteiger partial charge in [-0.15, -0.1) is 11.3 Å². The van der Waals surface area contributed by atoms with Crippen molar-refractivity contribution in [2.45, 2.75) is 31.3 Å². The van der Waals surface area contributed by atoms with Gasteiger partial charge in [0, 0.05) is 22.0 Å². The van der Waals surface area contributed by atoms with E-state index in [2.05, 4.69) is 10.6 Å². The van der Waals surface area contributed by atoms with Crippen molar-refractivity contribution in [3.8, 4) is 0 Å². The minimum absolute atomic E-state index is 0.281. The molecule has 4 amide bonds. The SMILES string of the molecule is O=C(CN1C(=O)NC2(CCCc3sccc32)C1=O)NCc1cccc(Cl)c1. The average Bonchev–Trinajstić information content (AvgIpc) is 3.21. The van der Waals surface area contributed by atoms with Crippen molar-refractivity contribution in [2.75, 3.05) is 6.54 Å². The topological polar surface area (TPSA) is 78.5 Å². The summed E-state index contributed by atoms with van der Waals surface area (Å²) < 4.78 is 0. The highest BCUT2D eigenvalue weighted by atomic mass is 35.5. The van der Waals surface area contributed by atoms with Crippen molar-refractivity contribution in [3.63, 3.8) is 0 Å². The average molecular weight is 404 g/mol. The van der Waals surface area contributed by atoms with Crippen LogP contribution in [0.3, 0.4) is 0 Å². The summed E-state index contributed by atoms with van der Waals surface area (Å²) in [6, 6.07) is 8.53. The van der Waals surface area contributed by atoms with Gasteiger partial charge in [-0.3, -0.25) is 14.5 Å². The molecule has 4 rings (SSSR count). The summed E-state index contributed by atoms with van der Waals surface area (Å²) >= 11 is 7.53. The summed E-state index contributed by atoms with van der Waals surface area (Å²) in [4.78, 5) is 39.9. The number of rotatable bonds is 4. The first-order valence-electron chi connectivity index (χ1n) is 8.72. The van der Waals surface area contributed by atoms with E-state index in [1.165, 1.54) is 0 Å². The molecule has 1 saturated heterocycles. The zero-order valence-corrected chi connectivity index (χ0v) is 16.0. The third-order valence-electron chi connectivity index (χ3n) is 5.02. The zero-order chi connectivity index (χ0) is 19.0. The van der Waals surface area contributed by atoms with E-state index in [4.69, 9.17) is 11.6 Å². The molecule has 140 valence electrons. The first-order valence-corrected chi connectivity index (χ1v) is 9.97. The number of aryl methyl sites for hydroxylation is 1. The lowest BCUT2D eigenvalue weighted by molar-refractivity contribution is -0.135. The minimum Gasteiger partial charge on any atom is -0.350 e. The van der Waals surface area contributed by atoms with Crippen LogP contribution in [0.4, 0.5) is 4.79 Å². The van der Waals surface area contributed by atoms with E-state index in [1.807, 2.05) is 17.5 Å². The second-order valence-electron chi connectivity index (χ2n) is 6.74. The van der Waals surface area contributed by atoms with Gasteiger partial charge in [0.25, 0.3) is 5.91 Å². The highest BCUT2D eigenvalue weighted by Gasteiger charge is 2.54. The Hall–Kier alpha value is -2.38. The van der Waals surface area contributed by atoms with Gasteiger partial charge in [-0.05, 0) is 48.4 Å². The van der Waals surface area contributed by atoms with E-state index in [-0.39, 0.29) is 19.0 Å². The maximum atomic E-state index is 13.1. The number of hydrogen-bond acceptors (Lipinski definition) is 4. The van der Waals surface area contributed by atoms with Crippen molar-refractivity contribution in [1.29, 1.82) is 0 Å². The summed E-state index contributed by atoms with van der Waals surface area (Å²) in [6.45, 7) is -0.0185. The smallest absolute Gasteiger partial charge is 0.325 e. The first-order chi connectivity index (χ1) is 13.0. The Morgan fingerprint density at radius 2 is 2.19 bits per heavy atom. The lowest BCUT2D eigenvalue weighted by atomic mass is 9.80. The van der Waals surface area contributed by atoms with Crippen LogP contribution in [0.1, 0.15) is 28.8 Å². The molecule has 1 fully saturated rings. The predicted octanol–water partition coefficient (Wildman–Crippen LogP) is 2.80. The molecule has 1 atom stereocenters. The lowest BCUT2D eigenvalue weighted by Gasteiger charge is -2.31.